The molecule has 0 unspecified atom stereocenters. The second-order valence-corrected chi connectivity index (χ2v) is 7.20. The second kappa shape index (κ2) is 7.71. The number of benzene rings is 2. The molecule has 1 amide bonds. The van der Waals surface area contributed by atoms with Crippen molar-refractivity contribution in [2.45, 2.75) is 30.7 Å². The van der Waals surface area contributed by atoms with E-state index in [1.807, 2.05) is 37.3 Å². The third kappa shape index (κ3) is 4.74. The van der Waals surface area contributed by atoms with Crippen LogP contribution in [0.5, 0.6) is 0 Å². The largest absolute Gasteiger partial charge is 0.455 e. The normalized spacial score (nSPS) is 15.0. The van der Waals surface area contributed by atoms with Crippen molar-refractivity contribution in [1.82, 2.24) is 5.32 Å². The van der Waals surface area contributed by atoms with Gasteiger partial charge in [-0.15, -0.1) is 11.8 Å². The van der Waals surface area contributed by atoms with E-state index in [0.29, 0.717) is 5.92 Å². The maximum atomic E-state index is 11.8. The Kier molecular flexibility index (Phi) is 5.41. The number of nitrogens with one attached hydrogen (secondary N) is 1. The molecule has 0 spiro atoms. The first-order valence-corrected chi connectivity index (χ1v) is 9.17. The summed E-state index contributed by atoms with van der Waals surface area (Å²) >= 11 is 1.42. The summed E-state index contributed by atoms with van der Waals surface area (Å²) in [6.45, 7) is 1.79. The molecule has 3 rings (SSSR count). The molecular weight excluding hydrogens is 322 g/mol. The van der Waals surface area contributed by atoms with Gasteiger partial charge in [0, 0.05) is 10.9 Å². The quantitative estimate of drug-likeness (QED) is 0.618. The summed E-state index contributed by atoms with van der Waals surface area (Å²) < 4.78 is 5.04. The second-order valence-electron chi connectivity index (χ2n) is 6.15. The molecule has 24 heavy (non-hydrogen) atoms. The summed E-state index contributed by atoms with van der Waals surface area (Å²) in [5, 5.41) is 5.18. The summed E-state index contributed by atoms with van der Waals surface area (Å²) in [6, 6.07) is 14.3. The molecule has 0 heterocycles. The number of hydrogen-bond acceptors (Lipinski definition) is 4. The van der Waals surface area contributed by atoms with E-state index >= 15 is 0 Å². The number of fused-ring (bicyclic) bond motifs is 1. The molecule has 1 aliphatic rings. The molecule has 1 N–H and O–H groups in total. The number of carbonyl (C=O) groups is 2. The minimum Gasteiger partial charge on any atom is -0.455 e. The Morgan fingerprint density at radius 2 is 1.96 bits per heavy atom. The molecule has 126 valence electrons. The number of carbonyl (C=O) groups excluding carboxylic acids is 2. The van der Waals surface area contributed by atoms with E-state index in [0.717, 1.165) is 10.3 Å². The van der Waals surface area contributed by atoms with Crippen LogP contribution in [-0.4, -0.2) is 30.3 Å². The average Bonchev–Trinajstić information content (AvgIpc) is 3.43. The zero-order valence-corrected chi connectivity index (χ0v) is 14.5. The SMILES string of the molecule is C[C@@H](NC(=O)COC(=O)CSc1ccc2ccccc2c1)C1CC1. The fraction of sp³-hybridized carbons (Fsp3) is 0.368. The lowest BCUT2D eigenvalue weighted by Crippen LogP contribution is -2.37. The molecule has 4 nitrogen and oxygen atoms in total. The number of amides is 1. The Morgan fingerprint density at radius 1 is 1.21 bits per heavy atom. The molecule has 0 aromatic heterocycles. The van der Waals surface area contributed by atoms with Crippen LogP contribution in [-0.2, 0) is 14.3 Å². The predicted octanol–water partition coefficient (Wildman–Crippen LogP) is 3.39. The van der Waals surface area contributed by atoms with Crippen LogP contribution in [0.1, 0.15) is 19.8 Å². The Balaban J connectivity index is 1.41. The molecule has 2 aromatic rings. The van der Waals surface area contributed by atoms with E-state index in [4.69, 9.17) is 4.74 Å². The zero-order valence-electron chi connectivity index (χ0n) is 13.7. The Hall–Kier alpha value is -2.01. The van der Waals surface area contributed by atoms with Crippen molar-refractivity contribution < 1.29 is 14.3 Å². The van der Waals surface area contributed by atoms with Crippen LogP contribution >= 0.6 is 11.8 Å². The Labute approximate surface area is 146 Å². The predicted molar refractivity (Wildman–Crippen MR) is 96.0 cm³/mol. The van der Waals surface area contributed by atoms with Crippen molar-refractivity contribution in [3.8, 4) is 0 Å². The smallest absolute Gasteiger partial charge is 0.316 e. The maximum Gasteiger partial charge on any atom is 0.316 e. The van der Waals surface area contributed by atoms with Gasteiger partial charge >= 0.3 is 5.97 Å². The van der Waals surface area contributed by atoms with Crippen molar-refractivity contribution in [3.63, 3.8) is 0 Å². The van der Waals surface area contributed by atoms with Crippen molar-refractivity contribution in [3.05, 3.63) is 42.5 Å². The van der Waals surface area contributed by atoms with Gasteiger partial charge in [-0.3, -0.25) is 9.59 Å². The van der Waals surface area contributed by atoms with Crippen molar-refractivity contribution >= 4 is 34.4 Å². The molecule has 5 heteroatoms. The molecule has 1 atom stereocenters. The van der Waals surface area contributed by atoms with E-state index < -0.39 is 0 Å². The molecule has 1 aliphatic carbocycles. The third-order valence-corrected chi connectivity index (χ3v) is 5.13. The van der Waals surface area contributed by atoms with Crippen molar-refractivity contribution in [1.29, 1.82) is 0 Å². The molecule has 0 radical (unpaired) electrons. The van der Waals surface area contributed by atoms with Crippen LogP contribution in [0, 0.1) is 5.92 Å². The summed E-state index contributed by atoms with van der Waals surface area (Å²) in [6.07, 6.45) is 2.34. The number of esters is 1. The van der Waals surface area contributed by atoms with E-state index in [-0.39, 0.29) is 30.3 Å². The van der Waals surface area contributed by atoms with Crippen LogP contribution in [0.15, 0.2) is 47.4 Å². The zero-order chi connectivity index (χ0) is 16.9. The van der Waals surface area contributed by atoms with Crippen LogP contribution in [0.25, 0.3) is 10.8 Å². The first kappa shape index (κ1) is 16.8. The first-order chi connectivity index (χ1) is 11.6. The maximum absolute atomic E-state index is 11.8. The molecular formula is C19H21NO3S. The third-order valence-electron chi connectivity index (χ3n) is 4.16. The number of thioether (sulfide) groups is 1. The van der Waals surface area contributed by atoms with Gasteiger partial charge in [0.25, 0.3) is 5.91 Å². The fourth-order valence-electron chi connectivity index (χ4n) is 2.60. The molecule has 1 fully saturated rings. The highest BCUT2D eigenvalue weighted by Gasteiger charge is 2.28. The number of hydrogen-bond donors (Lipinski definition) is 1. The van der Waals surface area contributed by atoms with Gasteiger partial charge in [0.15, 0.2) is 6.61 Å². The topological polar surface area (TPSA) is 55.4 Å². The highest BCUT2D eigenvalue weighted by Crippen LogP contribution is 2.32. The van der Waals surface area contributed by atoms with Gasteiger partial charge in [-0.2, -0.15) is 0 Å². The lowest BCUT2D eigenvalue weighted by Gasteiger charge is -2.12. The van der Waals surface area contributed by atoms with Gasteiger partial charge in [0.1, 0.15) is 0 Å². The van der Waals surface area contributed by atoms with Crippen LogP contribution in [0.4, 0.5) is 0 Å². The lowest BCUT2D eigenvalue weighted by atomic mass is 10.1. The summed E-state index contributed by atoms with van der Waals surface area (Å²) in [4.78, 5) is 24.5. The number of ether oxygens (including phenoxy) is 1. The van der Waals surface area contributed by atoms with Crippen LogP contribution in [0.3, 0.4) is 0 Å². The minimum atomic E-state index is -0.373. The molecule has 0 bridgehead atoms. The fourth-order valence-corrected chi connectivity index (χ4v) is 3.34. The highest BCUT2D eigenvalue weighted by molar-refractivity contribution is 8.00. The van der Waals surface area contributed by atoms with E-state index in [9.17, 15) is 9.59 Å². The molecule has 0 saturated heterocycles. The first-order valence-electron chi connectivity index (χ1n) is 8.18. The van der Waals surface area contributed by atoms with Gasteiger partial charge in [-0.25, -0.2) is 0 Å². The monoisotopic (exact) mass is 343 g/mol. The van der Waals surface area contributed by atoms with Crippen LogP contribution in [0.2, 0.25) is 0 Å². The Bertz CT molecular complexity index is 742. The molecule has 1 saturated carbocycles. The molecule has 2 aromatic carbocycles. The van der Waals surface area contributed by atoms with Gasteiger partial charge in [0.05, 0.1) is 5.75 Å². The van der Waals surface area contributed by atoms with Gasteiger partial charge < -0.3 is 10.1 Å². The number of rotatable bonds is 7. The summed E-state index contributed by atoms with van der Waals surface area (Å²) in [7, 11) is 0. The van der Waals surface area contributed by atoms with Crippen molar-refractivity contribution in [2.24, 2.45) is 5.92 Å². The minimum absolute atomic E-state index is 0.170. The van der Waals surface area contributed by atoms with Crippen LogP contribution < -0.4 is 5.32 Å². The van der Waals surface area contributed by atoms with E-state index in [1.165, 1.54) is 30.0 Å². The average molecular weight is 343 g/mol. The van der Waals surface area contributed by atoms with Crippen molar-refractivity contribution in [2.75, 3.05) is 12.4 Å². The lowest BCUT2D eigenvalue weighted by molar-refractivity contribution is -0.146. The highest BCUT2D eigenvalue weighted by atomic mass is 32.2. The molecule has 0 aliphatic heterocycles. The summed E-state index contributed by atoms with van der Waals surface area (Å²) in [5.74, 6) is 0.193. The van der Waals surface area contributed by atoms with E-state index in [2.05, 4.69) is 17.4 Å². The summed E-state index contributed by atoms with van der Waals surface area (Å²) in [5.41, 5.74) is 0. The standard InChI is InChI=1S/C19H21NO3S/c1-13(14-6-7-14)20-18(21)11-23-19(22)12-24-17-9-8-15-4-2-3-5-16(15)10-17/h2-5,8-10,13-14H,6-7,11-12H2,1H3,(H,20,21)/t13-/m1/s1. The van der Waals surface area contributed by atoms with Gasteiger partial charge in [-0.05, 0) is 48.6 Å². The van der Waals surface area contributed by atoms with Gasteiger partial charge in [0.2, 0.25) is 0 Å². The Morgan fingerprint density at radius 3 is 2.71 bits per heavy atom. The van der Waals surface area contributed by atoms with E-state index in [1.54, 1.807) is 0 Å². The van der Waals surface area contributed by atoms with Gasteiger partial charge in [-0.1, -0.05) is 30.3 Å².